The summed E-state index contributed by atoms with van der Waals surface area (Å²) >= 11 is 0. The van der Waals surface area contributed by atoms with Crippen molar-refractivity contribution in [3.05, 3.63) is 12.2 Å². The minimum absolute atomic E-state index is 0.979. The zero-order valence-corrected chi connectivity index (χ0v) is 9.52. The average Bonchev–Trinajstić information content (AvgIpc) is 2.43. The van der Waals surface area contributed by atoms with Crippen LogP contribution < -0.4 is 5.32 Å². The molecule has 0 aliphatic carbocycles. The van der Waals surface area contributed by atoms with Gasteiger partial charge in [-0.15, -0.1) is 0 Å². The second-order valence-electron chi connectivity index (χ2n) is 4.22. The lowest BCUT2D eigenvalue weighted by atomic mass is 10.2. The molecule has 0 atom stereocenters. The molecule has 14 heavy (non-hydrogen) atoms. The van der Waals surface area contributed by atoms with E-state index < -0.39 is 0 Å². The van der Waals surface area contributed by atoms with Crippen LogP contribution in [-0.2, 0) is 0 Å². The number of nitrogens with one attached hydrogen (secondary N) is 1. The van der Waals surface area contributed by atoms with Gasteiger partial charge in [-0.3, -0.25) is 4.90 Å². The van der Waals surface area contributed by atoms with Crippen molar-refractivity contribution in [2.24, 2.45) is 0 Å². The highest BCUT2D eigenvalue weighted by Gasteiger charge is 2.09. The van der Waals surface area contributed by atoms with E-state index in [2.05, 4.69) is 23.7 Å². The first kappa shape index (κ1) is 11.7. The first-order valence-electron chi connectivity index (χ1n) is 5.92. The van der Waals surface area contributed by atoms with Crippen molar-refractivity contribution < 1.29 is 0 Å². The first-order chi connectivity index (χ1) is 6.83. The smallest absolute Gasteiger partial charge is 0.0202 e. The Morgan fingerprint density at radius 1 is 1.21 bits per heavy atom. The first-order valence-corrected chi connectivity index (χ1v) is 5.92. The van der Waals surface area contributed by atoms with Gasteiger partial charge >= 0.3 is 0 Å². The molecule has 1 fully saturated rings. The number of likely N-dealkylation sites (tertiary alicyclic amines) is 1. The van der Waals surface area contributed by atoms with E-state index in [1.165, 1.54) is 44.3 Å². The molecule has 2 nitrogen and oxygen atoms in total. The van der Waals surface area contributed by atoms with Crippen molar-refractivity contribution in [2.45, 2.75) is 32.6 Å². The van der Waals surface area contributed by atoms with Crippen molar-refractivity contribution in [3.8, 4) is 0 Å². The third-order valence-electron chi connectivity index (χ3n) is 2.77. The van der Waals surface area contributed by atoms with Crippen LogP contribution in [-0.4, -0.2) is 37.6 Å². The van der Waals surface area contributed by atoms with Gasteiger partial charge in [-0.2, -0.15) is 0 Å². The molecule has 0 aromatic heterocycles. The molecule has 0 bridgehead atoms. The normalized spacial score (nSPS) is 19.2. The molecule has 0 unspecified atom stereocenters. The Morgan fingerprint density at radius 2 is 1.86 bits per heavy atom. The number of likely N-dealkylation sites (N-methyl/N-ethyl adjacent to an activating group) is 1. The van der Waals surface area contributed by atoms with E-state index in [1.54, 1.807) is 0 Å². The highest BCUT2D eigenvalue weighted by atomic mass is 15.1. The Labute approximate surface area is 88.4 Å². The molecule has 82 valence electrons. The SMILES string of the molecule is C=C(CNCC)CN1CCCCCC1. The molecule has 0 aromatic rings. The van der Waals surface area contributed by atoms with Crippen molar-refractivity contribution in [1.29, 1.82) is 0 Å². The van der Waals surface area contributed by atoms with E-state index in [0.717, 1.165) is 19.6 Å². The molecule has 0 radical (unpaired) electrons. The maximum Gasteiger partial charge on any atom is 0.0202 e. The van der Waals surface area contributed by atoms with E-state index in [-0.39, 0.29) is 0 Å². The summed E-state index contributed by atoms with van der Waals surface area (Å²) in [4.78, 5) is 2.55. The summed E-state index contributed by atoms with van der Waals surface area (Å²) < 4.78 is 0. The van der Waals surface area contributed by atoms with Crippen LogP contribution in [0.2, 0.25) is 0 Å². The van der Waals surface area contributed by atoms with Crippen LogP contribution >= 0.6 is 0 Å². The number of rotatable bonds is 5. The second kappa shape index (κ2) is 7.02. The molecule has 1 heterocycles. The van der Waals surface area contributed by atoms with Gasteiger partial charge in [-0.05, 0) is 38.0 Å². The Hall–Kier alpha value is -0.340. The van der Waals surface area contributed by atoms with Crippen LogP contribution in [0.3, 0.4) is 0 Å². The van der Waals surface area contributed by atoms with Crippen molar-refractivity contribution in [3.63, 3.8) is 0 Å². The van der Waals surface area contributed by atoms with Gasteiger partial charge in [-0.1, -0.05) is 26.3 Å². The van der Waals surface area contributed by atoms with Crippen LogP contribution in [0.25, 0.3) is 0 Å². The molecule has 1 aliphatic heterocycles. The zero-order valence-electron chi connectivity index (χ0n) is 9.52. The van der Waals surface area contributed by atoms with Gasteiger partial charge in [0.25, 0.3) is 0 Å². The third-order valence-corrected chi connectivity index (χ3v) is 2.77. The molecule has 0 spiro atoms. The molecule has 0 aromatic carbocycles. The molecule has 1 rings (SSSR count). The van der Waals surface area contributed by atoms with Crippen LogP contribution in [0.4, 0.5) is 0 Å². The van der Waals surface area contributed by atoms with Gasteiger partial charge in [0.1, 0.15) is 0 Å². The maximum absolute atomic E-state index is 4.11. The third kappa shape index (κ3) is 4.77. The van der Waals surface area contributed by atoms with E-state index in [4.69, 9.17) is 0 Å². The molecule has 0 amide bonds. The minimum atomic E-state index is 0.979. The number of hydrogen-bond donors (Lipinski definition) is 1. The summed E-state index contributed by atoms with van der Waals surface area (Å²) in [5, 5.41) is 3.33. The summed E-state index contributed by atoms with van der Waals surface area (Å²) in [7, 11) is 0. The van der Waals surface area contributed by atoms with Crippen molar-refractivity contribution in [1.82, 2.24) is 10.2 Å². The highest BCUT2D eigenvalue weighted by molar-refractivity contribution is 4.99. The van der Waals surface area contributed by atoms with Gasteiger partial charge in [0.2, 0.25) is 0 Å². The standard InChI is InChI=1S/C12H24N2/c1-3-13-10-12(2)11-14-8-6-4-5-7-9-14/h13H,2-11H2,1H3. The predicted molar refractivity (Wildman–Crippen MR) is 62.6 cm³/mol. The van der Waals surface area contributed by atoms with Crippen LogP contribution in [0, 0.1) is 0 Å². The maximum atomic E-state index is 4.11. The van der Waals surface area contributed by atoms with Crippen LogP contribution in [0.5, 0.6) is 0 Å². The zero-order chi connectivity index (χ0) is 10.2. The Balaban J connectivity index is 2.17. The molecule has 1 saturated heterocycles. The van der Waals surface area contributed by atoms with Gasteiger partial charge in [-0.25, -0.2) is 0 Å². The topological polar surface area (TPSA) is 15.3 Å². The molecule has 2 heteroatoms. The minimum Gasteiger partial charge on any atom is -0.313 e. The summed E-state index contributed by atoms with van der Waals surface area (Å²) in [6.45, 7) is 11.9. The average molecular weight is 196 g/mol. The molecule has 1 aliphatic rings. The fraction of sp³-hybridized carbons (Fsp3) is 0.833. The van der Waals surface area contributed by atoms with Gasteiger partial charge in [0.15, 0.2) is 0 Å². The summed E-state index contributed by atoms with van der Waals surface area (Å²) in [5.74, 6) is 0. The van der Waals surface area contributed by atoms with Crippen molar-refractivity contribution >= 4 is 0 Å². The van der Waals surface area contributed by atoms with Gasteiger partial charge in [0.05, 0.1) is 0 Å². The van der Waals surface area contributed by atoms with Crippen molar-refractivity contribution in [2.75, 3.05) is 32.7 Å². The van der Waals surface area contributed by atoms with E-state index in [0.29, 0.717) is 0 Å². The lowest BCUT2D eigenvalue weighted by molar-refractivity contribution is 0.307. The van der Waals surface area contributed by atoms with Crippen LogP contribution in [0.1, 0.15) is 32.6 Å². The number of nitrogens with zero attached hydrogens (tertiary/aromatic N) is 1. The Bertz CT molecular complexity index is 158. The highest BCUT2D eigenvalue weighted by Crippen LogP contribution is 2.10. The largest absolute Gasteiger partial charge is 0.313 e. The molecular weight excluding hydrogens is 172 g/mol. The van der Waals surface area contributed by atoms with E-state index in [9.17, 15) is 0 Å². The van der Waals surface area contributed by atoms with E-state index >= 15 is 0 Å². The Kier molecular flexibility index (Phi) is 5.88. The fourth-order valence-corrected chi connectivity index (χ4v) is 1.97. The predicted octanol–water partition coefficient (Wildman–Crippen LogP) is 2.03. The molecular formula is C12H24N2. The van der Waals surface area contributed by atoms with Crippen LogP contribution in [0.15, 0.2) is 12.2 Å². The summed E-state index contributed by atoms with van der Waals surface area (Å²) in [6.07, 6.45) is 5.56. The summed E-state index contributed by atoms with van der Waals surface area (Å²) in [5.41, 5.74) is 1.33. The van der Waals surface area contributed by atoms with Gasteiger partial charge < -0.3 is 5.32 Å². The molecule has 1 N–H and O–H groups in total. The lowest BCUT2D eigenvalue weighted by Crippen LogP contribution is -2.29. The number of hydrogen-bond acceptors (Lipinski definition) is 2. The van der Waals surface area contributed by atoms with E-state index in [1.807, 2.05) is 0 Å². The fourth-order valence-electron chi connectivity index (χ4n) is 1.97. The Morgan fingerprint density at radius 3 is 2.43 bits per heavy atom. The lowest BCUT2D eigenvalue weighted by Gasteiger charge is -2.21. The monoisotopic (exact) mass is 196 g/mol. The summed E-state index contributed by atoms with van der Waals surface area (Å²) in [6, 6.07) is 0. The van der Waals surface area contributed by atoms with Gasteiger partial charge in [0, 0.05) is 13.1 Å². The molecule has 0 saturated carbocycles. The second-order valence-corrected chi connectivity index (χ2v) is 4.22. The quantitative estimate of drug-likeness (QED) is 0.677.